The molecule has 0 N–H and O–H groups in total. The van der Waals surface area contributed by atoms with Crippen LogP contribution in [0.4, 0.5) is 8.78 Å². The second kappa shape index (κ2) is 12.1. The molecule has 34 heavy (non-hydrogen) atoms. The zero-order valence-corrected chi connectivity index (χ0v) is 21.8. The molecule has 0 unspecified atom stereocenters. The fourth-order valence-electron chi connectivity index (χ4n) is 5.09. The molecule has 0 atom stereocenters. The molecule has 1 aliphatic rings. The van der Waals surface area contributed by atoms with Gasteiger partial charge in [-0.3, -0.25) is 0 Å². The summed E-state index contributed by atoms with van der Waals surface area (Å²) < 4.78 is 28.7. The molecule has 4 rings (SSSR count). The number of unbranched alkanes of at least 4 members (excludes halogenated alkanes) is 2. The van der Waals surface area contributed by atoms with E-state index in [0.717, 1.165) is 34.6 Å². The quantitative estimate of drug-likeness (QED) is 0.204. The molecule has 0 spiro atoms. The van der Waals surface area contributed by atoms with Crippen LogP contribution in [-0.2, 0) is 6.42 Å². The molecule has 0 aliphatic carbocycles. The van der Waals surface area contributed by atoms with Crippen LogP contribution in [0.1, 0.15) is 51.0 Å². The summed E-state index contributed by atoms with van der Waals surface area (Å²) in [6.07, 6.45) is 9.05. The van der Waals surface area contributed by atoms with Crippen molar-refractivity contribution < 1.29 is 8.78 Å². The van der Waals surface area contributed by atoms with Crippen molar-refractivity contribution in [1.29, 1.82) is 0 Å². The third-order valence-electron chi connectivity index (χ3n) is 7.27. The molecule has 1 aliphatic heterocycles. The van der Waals surface area contributed by atoms with Gasteiger partial charge in [-0.25, -0.2) is 8.78 Å². The molecule has 1 radical (unpaired) electrons. The molecule has 0 bridgehead atoms. The topological polar surface area (TPSA) is 0 Å². The predicted octanol–water partition coefficient (Wildman–Crippen LogP) is 9.98. The van der Waals surface area contributed by atoms with Crippen molar-refractivity contribution in [3.63, 3.8) is 0 Å². The van der Waals surface area contributed by atoms with E-state index in [1.807, 2.05) is 30.3 Å². The molecule has 1 fully saturated rings. The largest absolute Gasteiger partial charge is 0.206 e. The van der Waals surface area contributed by atoms with Gasteiger partial charge in [0.1, 0.15) is 11.6 Å². The van der Waals surface area contributed by atoms with Gasteiger partial charge >= 0.3 is 0 Å². The second-order valence-corrected chi connectivity index (χ2v) is 13.1. The Morgan fingerprint density at radius 3 is 2.21 bits per heavy atom. The minimum atomic E-state index is -0.439. The zero-order chi connectivity index (χ0) is 23.9. The smallest absolute Gasteiger partial charge is 0.142 e. The summed E-state index contributed by atoms with van der Waals surface area (Å²) in [4.78, 5) is 0. The van der Waals surface area contributed by atoms with Crippen LogP contribution < -0.4 is 0 Å². The van der Waals surface area contributed by atoms with Gasteiger partial charge in [-0.1, -0.05) is 111 Å². The zero-order valence-electron chi connectivity index (χ0n) is 20.1. The second-order valence-electron chi connectivity index (χ2n) is 9.71. The summed E-state index contributed by atoms with van der Waals surface area (Å²) in [6.45, 7) is 2.28. The highest BCUT2D eigenvalue weighted by atomic mass is 35.5. The van der Waals surface area contributed by atoms with E-state index in [1.54, 1.807) is 18.2 Å². The van der Waals surface area contributed by atoms with E-state index in [0.29, 0.717) is 5.56 Å². The van der Waals surface area contributed by atoms with Crippen molar-refractivity contribution in [1.82, 2.24) is 0 Å². The van der Waals surface area contributed by atoms with E-state index < -0.39 is 5.82 Å². The summed E-state index contributed by atoms with van der Waals surface area (Å²) in [5.74, 6) is 0.201. The number of benzene rings is 3. The minimum Gasteiger partial charge on any atom is -0.206 e. The van der Waals surface area contributed by atoms with Gasteiger partial charge in [0, 0.05) is 14.4 Å². The van der Waals surface area contributed by atoms with E-state index in [1.165, 1.54) is 62.7 Å². The van der Waals surface area contributed by atoms with Crippen molar-refractivity contribution >= 4 is 20.4 Å². The maximum atomic E-state index is 15.0. The fourth-order valence-corrected chi connectivity index (χ4v) is 8.34. The first-order valence-corrected chi connectivity index (χ1v) is 15.2. The summed E-state index contributed by atoms with van der Waals surface area (Å²) in [5.41, 5.74) is 4.15. The van der Waals surface area contributed by atoms with E-state index >= 15 is 0 Å². The maximum Gasteiger partial charge on any atom is 0.142 e. The van der Waals surface area contributed by atoms with Gasteiger partial charge in [-0.15, -0.1) is 0 Å². The molecule has 4 heteroatoms. The number of halogens is 3. The lowest BCUT2D eigenvalue weighted by Crippen LogP contribution is -2.21. The van der Waals surface area contributed by atoms with Gasteiger partial charge in [0.05, 0.1) is 5.02 Å². The van der Waals surface area contributed by atoms with E-state index in [2.05, 4.69) is 13.0 Å². The monoisotopic (exact) mass is 495 g/mol. The maximum absolute atomic E-state index is 15.0. The van der Waals surface area contributed by atoms with E-state index in [-0.39, 0.29) is 19.6 Å². The van der Waals surface area contributed by atoms with E-state index in [4.69, 9.17) is 11.6 Å². The third-order valence-corrected chi connectivity index (χ3v) is 10.6. The highest BCUT2D eigenvalue weighted by molar-refractivity contribution is 6.58. The lowest BCUT2D eigenvalue weighted by atomic mass is 9.93. The van der Waals surface area contributed by atoms with Gasteiger partial charge in [-0.05, 0) is 59.2 Å². The molecule has 0 nitrogen and oxygen atoms in total. The standard InChI is InChI=1S/C30H34ClF2Si/c1-2-3-4-17-34-18-15-22(16-19-34)5-6-23-7-13-27(29(32)20-23)25-10-8-24(9-11-25)26-12-14-28(31)30(33)21-26/h7-14,20-22H,2-6,15-19H2,1H3. The Balaban J connectivity index is 1.32. The van der Waals surface area contributed by atoms with E-state index in [9.17, 15) is 8.78 Å². The van der Waals surface area contributed by atoms with Crippen LogP contribution in [0, 0.1) is 17.6 Å². The first-order valence-electron chi connectivity index (χ1n) is 12.7. The first kappa shape index (κ1) is 25.1. The molecule has 1 saturated heterocycles. The lowest BCUT2D eigenvalue weighted by Gasteiger charge is -2.27. The molecule has 179 valence electrons. The normalized spacial score (nSPS) is 15.1. The van der Waals surface area contributed by atoms with Crippen LogP contribution in [0.5, 0.6) is 0 Å². The van der Waals surface area contributed by atoms with Crippen LogP contribution >= 0.6 is 11.6 Å². The van der Waals surface area contributed by atoms with Crippen molar-refractivity contribution in [2.24, 2.45) is 5.92 Å². The molecular weight excluding hydrogens is 462 g/mol. The summed E-state index contributed by atoms with van der Waals surface area (Å²) in [7, 11) is -0.0867. The molecule has 0 amide bonds. The molecule has 3 aromatic carbocycles. The Hall–Kier alpha value is -1.97. The SMILES string of the molecule is CCCCC[Si]1CCC(CCc2ccc(-c3ccc(-c4ccc(Cl)c(F)c4)cc3)c(F)c2)CC1. The number of hydrogen-bond acceptors (Lipinski definition) is 0. The highest BCUT2D eigenvalue weighted by Gasteiger charge is 2.22. The Kier molecular flexibility index (Phi) is 8.96. The number of hydrogen-bond donors (Lipinski definition) is 0. The van der Waals surface area contributed by atoms with Gasteiger partial charge in [0.2, 0.25) is 0 Å². The predicted molar refractivity (Wildman–Crippen MR) is 143 cm³/mol. The molecule has 3 aromatic rings. The van der Waals surface area contributed by atoms with Crippen LogP contribution in [0.2, 0.25) is 23.2 Å². The van der Waals surface area contributed by atoms with Gasteiger partial charge in [0.25, 0.3) is 0 Å². The van der Waals surface area contributed by atoms with Crippen molar-refractivity contribution in [2.75, 3.05) is 0 Å². The average molecular weight is 496 g/mol. The Bertz CT molecular complexity index is 1070. The van der Waals surface area contributed by atoms with Crippen molar-refractivity contribution in [2.45, 2.75) is 70.0 Å². The lowest BCUT2D eigenvalue weighted by molar-refractivity contribution is 0.436. The minimum absolute atomic E-state index is 0.0867. The van der Waals surface area contributed by atoms with Crippen LogP contribution in [0.15, 0.2) is 60.7 Å². The molecule has 1 heterocycles. The fraction of sp³-hybridized carbons (Fsp3) is 0.400. The van der Waals surface area contributed by atoms with Crippen LogP contribution in [0.3, 0.4) is 0 Å². The average Bonchev–Trinajstić information content (AvgIpc) is 2.86. The third kappa shape index (κ3) is 6.58. The first-order chi connectivity index (χ1) is 16.5. The van der Waals surface area contributed by atoms with Crippen LogP contribution in [-0.4, -0.2) is 8.80 Å². The number of aryl methyl sites for hydroxylation is 1. The Morgan fingerprint density at radius 1 is 0.824 bits per heavy atom. The van der Waals surface area contributed by atoms with Gasteiger partial charge in [0.15, 0.2) is 0 Å². The van der Waals surface area contributed by atoms with Gasteiger partial charge in [-0.2, -0.15) is 0 Å². The molecular formula is C30H34ClF2Si. The Labute approximate surface area is 210 Å². The molecule has 0 saturated carbocycles. The van der Waals surface area contributed by atoms with Gasteiger partial charge < -0.3 is 0 Å². The van der Waals surface area contributed by atoms with Crippen LogP contribution in [0.25, 0.3) is 22.3 Å². The van der Waals surface area contributed by atoms with Crippen molar-refractivity contribution in [3.05, 3.63) is 82.9 Å². The Morgan fingerprint density at radius 2 is 1.53 bits per heavy atom. The summed E-state index contributed by atoms with van der Waals surface area (Å²) in [5, 5.41) is 0.110. The summed E-state index contributed by atoms with van der Waals surface area (Å²) in [6, 6.07) is 22.5. The number of rotatable bonds is 9. The summed E-state index contributed by atoms with van der Waals surface area (Å²) >= 11 is 5.78. The van der Waals surface area contributed by atoms with Crippen molar-refractivity contribution in [3.8, 4) is 22.3 Å². The highest BCUT2D eigenvalue weighted by Crippen LogP contribution is 2.32. The molecule has 0 aromatic heterocycles.